The highest BCUT2D eigenvalue weighted by atomic mass is 16.5. The van der Waals surface area contributed by atoms with Gasteiger partial charge >= 0.3 is 6.03 Å². The van der Waals surface area contributed by atoms with Gasteiger partial charge in [0.1, 0.15) is 0 Å². The summed E-state index contributed by atoms with van der Waals surface area (Å²) < 4.78 is 10.5. The predicted molar refractivity (Wildman–Crippen MR) is 88.9 cm³/mol. The number of carbonyl (C=O) groups is 1. The third kappa shape index (κ3) is 3.71. The van der Waals surface area contributed by atoms with E-state index in [9.17, 15) is 4.79 Å². The van der Waals surface area contributed by atoms with Crippen LogP contribution in [0.4, 0.5) is 4.79 Å². The van der Waals surface area contributed by atoms with Crippen molar-refractivity contribution >= 4 is 6.03 Å². The second-order valence-electron chi connectivity index (χ2n) is 7.25. The van der Waals surface area contributed by atoms with Gasteiger partial charge in [-0.2, -0.15) is 4.98 Å². The molecule has 1 aromatic heterocycles. The molecule has 1 atom stereocenters. The molecule has 0 spiro atoms. The Kier molecular flexibility index (Phi) is 5.38. The molecule has 7 nitrogen and oxygen atoms in total. The minimum absolute atomic E-state index is 0.169. The maximum atomic E-state index is 12.6. The molecular formula is C17H28N4O3. The standard InChI is InChI=1S/C17H28N4O3/c1-12(2)16-18-15(19-24-16)14-5-8-20(9-6-14)17(22)21-7-4-13(10-21)11-23-3/h12-14H,4-11H2,1-3H3. The van der Waals surface area contributed by atoms with E-state index in [4.69, 9.17) is 9.26 Å². The number of hydrogen-bond donors (Lipinski definition) is 0. The normalized spacial score (nSPS) is 22.6. The lowest BCUT2D eigenvalue weighted by atomic mass is 9.96. The molecule has 2 fully saturated rings. The van der Waals surface area contributed by atoms with E-state index in [-0.39, 0.29) is 11.9 Å². The van der Waals surface area contributed by atoms with E-state index in [1.54, 1.807) is 7.11 Å². The van der Waals surface area contributed by atoms with Crippen LogP contribution in [0.15, 0.2) is 4.52 Å². The number of urea groups is 1. The van der Waals surface area contributed by atoms with Crippen LogP contribution < -0.4 is 0 Å². The number of methoxy groups -OCH3 is 1. The number of carbonyl (C=O) groups excluding carboxylic acids is 1. The summed E-state index contributed by atoms with van der Waals surface area (Å²) in [7, 11) is 1.72. The van der Waals surface area contributed by atoms with E-state index in [0.29, 0.717) is 17.7 Å². The van der Waals surface area contributed by atoms with Gasteiger partial charge in [-0.05, 0) is 19.3 Å². The van der Waals surface area contributed by atoms with Crippen LogP contribution in [0.1, 0.15) is 56.7 Å². The van der Waals surface area contributed by atoms with Gasteiger partial charge in [0.25, 0.3) is 0 Å². The van der Waals surface area contributed by atoms with E-state index in [1.165, 1.54) is 0 Å². The van der Waals surface area contributed by atoms with Crippen LogP contribution in [0.2, 0.25) is 0 Å². The van der Waals surface area contributed by atoms with Crippen molar-refractivity contribution < 1.29 is 14.1 Å². The number of likely N-dealkylation sites (tertiary alicyclic amines) is 2. The quantitative estimate of drug-likeness (QED) is 0.844. The summed E-state index contributed by atoms with van der Waals surface area (Å²) in [6, 6.07) is 0.169. The van der Waals surface area contributed by atoms with Crippen LogP contribution in [0.25, 0.3) is 0 Å². The van der Waals surface area contributed by atoms with E-state index < -0.39 is 0 Å². The smallest absolute Gasteiger partial charge is 0.320 e. The van der Waals surface area contributed by atoms with Crippen LogP contribution in [0.3, 0.4) is 0 Å². The highest BCUT2D eigenvalue weighted by molar-refractivity contribution is 5.74. The molecule has 134 valence electrons. The SMILES string of the molecule is COCC1CCN(C(=O)N2CCC(c3noc(C(C)C)n3)CC2)C1. The highest BCUT2D eigenvalue weighted by Gasteiger charge is 2.32. The molecule has 2 aliphatic heterocycles. The fraction of sp³-hybridized carbons (Fsp3) is 0.824. The Morgan fingerprint density at radius 2 is 1.96 bits per heavy atom. The highest BCUT2D eigenvalue weighted by Crippen LogP contribution is 2.28. The average Bonchev–Trinajstić information content (AvgIpc) is 3.24. The van der Waals surface area contributed by atoms with Crippen molar-refractivity contribution in [1.82, 2.24) is 19.9 Å². The fourth-order valence-corrected chi connectivity index (χ4v) is 3.55. The monoisotopic (exact) mass is 336 g/mol. The zero-order valence-electron chi connectivity index (χ0n) is 14.9. The van der Waals surface area contributed by atoms with Crippen molar-refractivity contribution in [2.45, 2.75) is 44.9 Å². The lowest BCUT2D eigenvalue weighted by Gasteiger charge is -2.33. The number of rotatable bonds is 4. The summed E-state index contributed by atoms with van der Waals surface area (Å²) in [6.07, 6.45) is 2.84. The first-order chi connectivity index (χ1) is 11.6. The van der Waals surface area contributed by atoms with Crippen LogP contribution in [-0.4, -0.2) is 65.9 Å². The summed E-state index contributed by atoms with van der Waals surface area (Å²) in [6.45, 7) is 8.02. The molecule has 0 N–H and O–H groups in total. The van der Waals surface area contributed by atoms with Gasteiger partial charge in [0.05, 0.1) is 6.61 Å². The first kappa shape index (κ1) is 17.2. The average molecular weight is 336 g/mol. The van der Waals surface area contributed by atoms with E-state index in [0.717, 1.165) is 57.9 Å². The van der Waals surface area contributed by atoms with Crippen molar-refractivity contribution in [3.63, 3.8) is 0 Å². The fourth-order valence-electron chi connectivity index (χ4n) is 3.55. The largest absolute Gasteiger partial charge is 0.384 e. The summed E-state index contributed by atoms with van der Waals surface area (Å²) in [4.78, 5) is 21.1. The number of piperidine rings is 1. The number of hydrogen-bond acceptors (Lipinski definition) is 5. The van der Waals surface area contributed by atoms with Crippen molar-refractivity contribution in [3.05, 3.63) is 11.7 Å². The second-order valence-corrected chi connectivity index (χ2v) is 7.25. The molecule has 2 aliphatic rings. The maximum Gasteiger partial charge on any atom is 0.320 e. The molecule has 2 amide bonds. The zero-order valence-corrected chi connectivity index (χ0v) is 14.9. The molecule has 3 heterocycles. The minimum Gasteiger partial charge on any atom is -0.384 e. The molecule has 1 aromatic rings. The van der Waals surface area contributed by atoms with Crippen LogP contribution in [0, 0.1) is 5.92 Å². The molecular weight excluding hydrogens is 308 g/mol. The minimum atomic E-state index is 0.169. The summed E-state index contributed by atoms with van der Waals surface area (Å²) in [5.41, 5.74) is 0. The Morgan fingerprint density at radius 3 is 2.58 bits per heavy atom. The molecule has 3 rings (SSSR count). The van der Waals surface area contributed by atoms with Gasteiger partial charge in [-0.25, -0.2) is 4.79 Å². The Labute approximate surface area is 143 Å². The summed E-state index contributed by atoms with van der Waals surface area (Å²) in [5.74, 6) is 2.52. The van der Waals surface area contributed by atoms with Crippen molar-refractivity contribution in [2.75, 3.05) is 39.9 Å². The molecule has 24 heavy (non-hydrogen) atoms. The topological polar surface area (TPSA) is 71.7 Å². The van der Waals surface area contributed by atoms with Crippen LogP contribution in [0.5, 0.6) is 0 Å². The van der Waals surface area contributed by atoms with E-state index >= 15 is 0 Å². The van der Waals surface area contributed by atoms with Crippen molar-refractivity contribution in [3.8, 4) is 0 Å². The number of ether oxygens (including phenoxy) is 1. The molecule has 7 heteroatoms. The molecule has 1 unspecified atom stereocenters. The Balaban J connectivity index is 1.50. The molecule has 2 saturated heterocycles. The van der Waals surface area contributed by atoms with Crippen molar-refractivity contribution in [1.29, 1.82) is 0 Å². The molecule has 0 aromatic carbocycles. The molecule has 0 saturated carbocycles. The Hall–Kier alpha value is -1.63. The van der Waals surface area contributed by atoms with Crippen LogP contribution >= 0.6 is 0 Å². The summed E-state index contributed by atoms with van der Waals surface area (Å²) >= 11 is 0. The van der Waals surface area contributed by atoms with Gasteiger partial charge in [0, 0.05) is 51.0 Å². The van der Waals surface area contributed by atoms with E-state index in [2.05, 4.69) is 10.1 Å². The third-order valence-corrected chi connectivity index (χ3v) is 5.04. The number of aromatic nitrogens is 2. The Morgan fingerprint density at radius 1 is 1.25 bits per heavy atom. The van der Waals surface area contributed by atoms with Gasteiger partial charge in [0.2, 0.25) is 5.89 Å². The van der Waals surface area contributed by atoms with E-state index in [1.807, 2.05) is 23.6 Å². The van der Waals surface area contributed by atoms with Crippen LogP contribution in [-0.2, 0) is 4.74 Å². The summed E-state index contributed by atoms with van der Waals surface area (Å²) in [5, 5.41) is 4.12. The van der Waals surface area contributed by atoms with Gasteiger partial charge in [-0.1, -0.05) is 19.0 Å². The number of amides is 2. The zero-order chi connectivity index (χ0) is 17.1. The first-order valence-electron chi connectivity index (χ1n) is 8.94. The van der Waals surface area contributed by atoms with Gasteiger partial charge in [0.15, 0.2) is 5.82 Å². The Bertz CT molecular complexity index is 552. The van der Waals surface area contributed by atoms with Gasteiger partial charge in [-0.15, -0.1) is 0 Å². The molecule has 0 aliphatic carbocycles. The second kappa shape index (κ2) is 7.51. The molecule has 0 radical (unpaired) electrons. The molecule has 0 bridgehead atoms. The van der Waals surface area contributed by atoms with Gasteiger partial charge in [-0.3, -0.25) is 0 Å². The van der Waals surface area contributed by atoms with Gasteiger partial charge < -0.3 is 19.1 Å². The third-order valence-electron chi connectivity index (χ3n) is 5.04. The lowest BCUT2D eigenvalue weighted by Crippen LogP contribution is -2.45. The number of nitrogens with zero attached hydrogens (tertiary/aromatic N) is 4. The lowest BCUT2D eigenvalue weighted by molar-refractivity contribution is 0.135. The van der Waals surface area contributed by atoms with Crippen molar-refractivity contribution in [2.24, 2.45) is 5.92 Å². The first-order valence-corrected chi connectivity index (χ1v) is 8.94. The maximum absolute atomic E-state index is 12.6. The predicted octanol–water partition coefficient (Wildman–Crippen LogP) is 2.46.